The number of fused-ring (bicyclic) bond motifs is 3. The van der Waals surface area contributed by atoms with Gasteiger partial charge in [0.1, 0.15) is 0 Å². The Hall–Kier alpha value is -3.75. The molecule has 252 valence electrons. The van der Waals surface area contributed by atoms with E-state index in [4.69, 9.17) is 0 Å². The molecule has 1 heterocycles. The summed E-state index contributed by atoms with van der Waals surface area (Å²) in [5.74, 6) is 3.30. The quantitative estimate of drug-likeness (QED) is 0.187. The maximum absolute atomic E-state index is 2.62. The molecule has 50 heavy (non-hydrogen) atoms. The highest BCUT2D eigenvalue weighted by Gasteiger charge is 2.60. The smallest absolute Gasteiger partial charge is 0.0502 e. The molecule has 1 spiro atoms. The Morgan fingerprint density at radius 2 is 1.20 bits per heavy atom. The summed E-state index contributed by atoms with van der Waals surface area (Å²) in [7, 11) is 0. The average molecular weight is 672 g/mol. The Labute approximate surface area is 303 Å². The topological polar surface area (TPSA) is 3.24 Å². The number of hydrogen-bond donors (Lipinski definition) is 0. The van der Waals surface area contributed by atoms with E-state index >= 15 is 0 Å². The van der Waals surface area contributed by atoms with Crippen LogP contribution in [0.5, 0.6) is 0 Å². The van der Waals surface area contributed by atoms with Gasteiger partial charge in [0.25, 0.3) is 0 Å². The first-order chi connectivity index (χ1) is 24.2. The molecule has 6 aliphatic rings. The van der Waals surface area contributed by atoms with Gasteiger partial charge in [0.2, 0.25) is 0 Å². The third-order valence-corrected chi connectivity index (χ3v) is 15.1. The van der Waals surface area contributed by atoms with Crippen LogP contribution in [0.4, 0.5) is 17.1 Å². The van der Waals surface area contributed by atoms with Gasteiger partial charge in [-0.05, 0) is 155 Å². The van der Waals surface area contributed by atoms with E-state index in [1.807, 2.05) is 11.8 Å². The molecule has 0 atom stereocenters. The lowest BCUT2D eigenvalue weighted by atomic mass is 9.42. The number of para-hydroxylation sites is 1. The van der Waals surface area contributed by atoms with Gasteiger partial charge in [-0.15, -0.1) is 0 Å². The Morgan fingerprint density at radius 1 is 0.520 bits per heavy atom. The summed E-state index contributed by atoms with van der Waals surface area (Å²) in [5, 5.41) is 0. The molecule has 1 aliphatic heterocycles. The number of rotatable bonds is 4. The first-order valence-corrected chi connectivity index (χ1v) is 20.1. The van der Waals surface area contributed by atoms with Crippen LogP contribution in [0.2, 0.25) is 0 Å². The van der Waals surface area contributed by atoms with Crippen LogP contribution in [0, 0.1) is 23.7 Å². The molecule has 0 aromatic heterocycles. The summed E-state index contributed by atoms with van der Waals surface area (Å²) >= 11 is 2.03. The molecule has 4 saturated carbocycles. The molecule has 1 nitrogen and oxygen atoms in total. The van der Waals surface area contributed by atoms with Crippen molar-refractivity contribution in [3.63, 3.8) is 0 Å². The summed E-state index contributed by atoms with van der Waals surface area (Å²) in [6, 6.07) is 44.5. The van der Waals surface area contributed by atoms with Crippen molar-refractivity contribution in [1.82, 2.24) is 0 Å². The number of hydrogen-bond acceptors (Lipinski definition) is 2. The average Bonchev–Trinajstić information content (AvgIpc) is 3.12. The third kappa shape index (κ3) is 4.52. The van der Waals surface area contributed by atoms with E-state index in [-0.39, 0.29) is 16.2 Å². The third-order valence-electron chi connectivity index (χ3n) is 13.9. The number of anilines is 3. The fourth-order valence-electron chi connectivity index (χ4n) is 11.8. The van der Waals surface area contributed by atoms with E-state index in [2.05, 4.69) is 148 Å². The van der Waals surface area contributed by atoms with Gasteiger partial charge in [0.05, 0.1) is 5.69 Å². The second-order valence-corrected chi connectivity index (χ2v) is 18.8. The van der Waals surface area contributed by atoms with Gasteiger partial charge in [0.15, 0.2) is 0 Å². The SMILES string of the molecule is CC1(C)CCC(C)(C)c2c(N(c3ccccc3)c3ccc4c(c3)Sc3ccc(-c5ccccc5)cc3C43C4CC5CC(C4)CC3C5)cccc21. The molecule has 5 aliphatic carbocycles. The van der Waals surface area contributed by atoms with E-state index < -0.39 is 0 Å². The highest BCUT2D eigenvalue weighted by Crippen LogP contribution is 2.69. The number of nitrogens with zero attached hydrogens (tertiary/aromatic N) is 1. The van der Waals surface area contributed by atoms with Crippen LogP contribution >= 0.6 is 11.8 Å². The molecule has 5 aromatic carbocycles. The van der Waals surface area contributed by atoms with Crippen LogP contribution in [0.1, 0.15) is 94.9 Å². The zero-order valence-electron chi connectivity index (χ0n) is 30.1. The van der Waals surface area contributed by atoms with Crippen LogP contribution in [-0.2, 0) is 16.2 Å². The number of benzene rings is 5. The largest absolute Gasteiger partial charge is 0.310 e. The molecule has 11 rings (SSSR count). The molecule has 2 heteroatoms. The lowest BCUT2D eigenvalue weighted by molar-refractivity contribution is -0.0443. The molecule has 4 fully saturated rings. The molecule has 0 amide bonds. The summed E-state index contributed by atoms with van der Waals surface area (Å²) < 4.78 is 0. The molecule has 5 aromatic rings. The molecule has 0 N–H and O–H groups in total. The van der Waals surface area contributed by atoms with Gasteiger partial charge >= 0.3 is 0 Å². The summed E-state index contributed by atoms with van der Waals surface area (Å²) in [5.41, 5.74) is 13.2. The van der Waals surface area contributed by atoms with Crippen molar-refractivity contribution < 1.29 is 0 Å². The Kier molecular flexibility index (Phi) is 6.90. The fraction of sp³-hybridized carbons (Fsp3) is 0.375. The van der Waals surface area contributed by atoms with Crippen molar-refractivity contribution >= 4 is 28.8 Å². The van der Waals surface area contributed by atoms with Crippen LogP contribution in [0.15, 0.2) is 125 Å². The maximum atomic E-state index is 2.62. The van der Waals surface area contributed by atoms with Crippen molar-refractivity contribution in [2.24, 2.45) is 23.7 Å². The van der Waals surface area contributed by atoms with Gasteiger partial charge in [0, 0.05) is 26.6 Å². The Morgan fingerprint density at radius 3 is 1.92 bits per heavy atom. The minimum atomic E-state index is 0.0945. The minimum Gasteiger partial charge on any atom is -0.310 e. The summed E-state index contributed by atoms with van der Waals surface area (Å²) in [6.45, 7) is 9.82. The normalized spacial score (nSPS) is 27.8. The maximum Gasteiger partial charge on any atom is 0.0502 e. The van der Waals surface area contributed by atoms with Crippen LogP contribution in [0.3, 0.4) is 0 Å². The van der Waals surface area contributed by atoms with Gasteiger partial charge in [-0.2, -0.15) is 0 Å². The first-order valence-electron chi connectivity index (χ1n) is 19.2. The first kappa shape index (κ1) is 31.0. The second-order valence-electron chi connectivity index (χ2n) is 17.7. The summed E-state index contributed by atoms with van der Waals surface area (Å²) in [6.07, 6.45) is 9.46. The molecular weight excluding hydrogens is 623 g/mol. The van der Waals surface area contributed by atoms with Gasteiger partial charge < -0.3 is 4.90 Å². The van der Waals surface area contributed by atoms with E-state index in [9.17, 15) is 0 Å². The van der Waals surface area contributed by atoms with Gasteiger partial charge in [-0.25, -0.2) is 0 Å². The highest BCUT2D eigenvalue weighted by molar-refractivity contribution is 7.99. The van der Waals surface area contributed by atoms with Crippen molar-refractivity contribution in [2.45, 2.75) is 98.7 Å². The molecule has 0 unspecified atom stereocenters. The minimum absolute atomic E-state index is 0.0945. The van der Waals surface area contributed by atoms with Crippen molar-refractivity contribution in [1.29, 1.82) is 0 Å². The standard InChI is InChI=1S/C48H49NS/c1-46(2)22-23-47(3,4)45-40(46)16-11-17-42(45)49(37-14-9-6-10-15-37)38-19-20-39-44(30-38)50-43-21-18-34(33-12-7-5-8-13-33)29-41(43)48(39)35-25-31-24-32(27-35)28-36(48)26-31/h5-21,29-32,35-36H,22-28H2,1-4H3. The predicted molar refractivity (Wildman–Crippen MR) is 210 cm³/mol. The van der Waals surface area contributed by atoms with Gasteiger partial charge in [-0.3, -0.25) is 0 Å². The Balaban J connectivity index is 1.18. The monoisotopic (exact) mass is 671 g/mol. The van der Waals surface area contributed by atoms with Crippen LogP contribution in [0.25, 0.3) is 11.1 Å². The molecule has 0 radical (unpaired) electrons. The fourth-order valence-corrected chi connectivity index (χ4v) is 13.0. The van der Waals surface area contributed by atoms with Crippen molar-refractivity contribution in [2.75, 3.05) is 4.90 Å². The second kappa shape index (κ2) is 11.1. The zero-order chi connectivity index (χ0) is 33.8. The van der Waals surface area contributed by atoms with E-state index in [0.717, 1.165) is 23.7 Å². The zero-order valence-corrected chi connectivity index (χ0v) is 30.9. The van der Waals surface area contributed by atoms with E-state index in [0.29, 0.717) is 0 Å². The van der Waals surface area contributed by atoms with Crippen molar-refractivity contribution in [3.8, 4) is 11.1 Å². The molecule has 0 saturated heterocycles. The lowest BCUT2D eigenvalue weighted by Crippen LogP contribution is -2.57. The predicted octanol–water partition coefficient (Wildman–Crippen LogP) is 13.4. The summed E-state index contributed by atoms with van der Waals surface area (Å²) in [4.78, 5) is 5.54. The molecule has 4 bridgehead atoms. The highest BCUT2D eigenvalue weighted by atomic mass is 32.2. The van der Waals surface area contributed by atoms with E-state index in [1.165, 1.54) is 94.1 Å². The van der Waals surface area contributed by atoms with Crippen LogP contribution < -0.4 is 4.90 Å². The van der Waals surface area contributed by atoms with Gasteiger partial charge in [-0.1, -0.05) is 112 Å². The van der Waals surface area contributed by atoms with Crippen molar-refractivity contribution in [3.05, 3.63) is 138 Å². The van der Waals surface area contributed by atoms with E-state index in [1.54, 1.807) is 11.1 Å². The molecular formula is C48H49NS. The van der Waals surface area contributed by atoms with Crippen LogP contribution in [-0.4, -0.2) is 0 Å². The Bertz CT molecular complexity index is 2080. The lowest BCUT2D eigenvalue weighted by Gasteiger charge is -2.63.